The van der Waals surface area contributed by atoms with Gasteiger partial charge in [-0.1, -0.05) is 13.3 Å². The molecule has 0 bridgehead atoms. The van der Waals surface area contributed by atoms with Crippen LogP contribution in [0.25, 0.3) is 0 Å². The number of fused-ring (bicyclic) bond motifs is 1. The molecule has 1 aromatic carbocycles. The molecule has 0 spiro atoms. The summed E-state index contributed by atoms with van der Waals surface area (Å²) in [5, 5.41) is 5.82. The standard InChI is InChI=1S/C19H24F2N2O2/c1-11-2-3-12-9-14(19(25)23-17(12)8-11)6-7-22-18(24)13-4-5-15(20)16(21)10-13/h4-5,10-12,14,17H,2-3,6-9H2,1H3,(H,22,24)(H,23,25). The van der Waals surface area contributed by atoms with Crippen LogP contribution in [-0.2, 0) is 4.79 Å². The van der Waals surface area contributed by atoms with Crippen LogP contribution < -0.4 is 10.6 Å². The summed E-state index contributed by atoms with van der Waals surface area (Å²) < 4.78 is 26.1. The van der Waals surface area contributed by atoms with Crippen LogP contribution in [0, 0.1) is 29.4 Å². The van der Waals surface area contributed by atoms with Crippen molar-refractivity contribution >= 4 is 11.8 Å². The Bertz CT molecular complexity index is 665. The van der Waals surface area contributed by atoms with Crippen LogP contribution >= 0.6 is 0 Å². The van der Waals surface area contributed by atoms with E-state index in [0.29, 0.717) is 30.8 Å². The third-order valence-corrected chi connectivity index (χ3v) is 5.50. The minimum Gasteiger partial charge on any atom is -0.353 e. The first-order valence-electron chi connectivity index (χ1n) is 8.97. The molecule has 136 valence electrons. The van der Waals surface area contributed by atoms with Crippen LogP contribution in [0.1, 0.15) is 49.4 Å². The largest absolute Gasteiger partial charge is 0.353 e. The summed E-state index contributed by atoms with van der Waals surface area (Å²) in [6, 6.07) is 3.35. The van der Waals surface area contributed by atoms with Crippen LogP contribution in [0.3, 0.4) is 0 Å². The predicted octanol–water partition coefficient (Wildman–Crippen LogP) is 3.03. The molecular weight excluding hydrogens is 326 g/mol. The van der Waals surface area contributed by atoms with Crippen molar-refractivity contribution in [2.75, 3.05) is 6.54 Å². The van der Waals surface area contributed by atoms with Crippen LogP contribution in [0.5, 0.6) is 0 Å². The van der Waals surface area contributed by atoms with Crippen LogP contribution in [0.4, 0.5) is 8.78 Å². The van der Waals surface area contributed by atoms with E-state index >= 15 is 0 Å². The lowest BCUT2D eigenvalue weighted by Gasteiger charge is -2.41. The number of hydrogen-bond donors (Lipinski definition) is 2. The zero-order valence-corrected chi connectivity index (χ0v) is 14.4. The van der Waals surface area contributed by atoms with Crippen molar-refractivity contribution in [1.82, 2.24) is 10.6 Å². The molecule has 2 aliphatic rings. The van der Waals surface area contributed by atoms with Crippen LogP contribution in [0.15, 0.2) is 18.2 Å². The van der Waals surface area contributed by atoms with E-state index in [1.54, 1.807) is 0 Å². The van der Waals surface area contributed by atoms with E-state index in [1.807, 2.05) is 0 Å². The van der Waals surface area contributed by atoms with Gasteiger partial charge in [-0.2, -0.15) is 0 Å². The molecule has 4 nitrogen and oxygen atoms in total. The number of benzene rings is 1. The smallest absolute Gasteiger partial charge is 0.251 e. The maximum absolute atomic E-state index is 13.2. The molecule has 2 amide bonds. The topological polar surface area (TPSA) is 58.2 Å². The summed E-state index contributed by atoms with van der Waals surface area (Å²) in [5.41, 5.74) is 0.0772. The van der Waals surface area contributed by atoms with E-state index in [2.05, 4.69) is 17.6 Å². The van der Waals surface area contributed by atoms with E-state index < -0.39 is 17.5 Å². The average Bonchev–Trinajstić information content (AvgIpc) is 2.57. The van der Waals surface area contributed by atoms with Gasteiger partial charge in [0.15, 0.2) is 11.6 Å². The molecule has 4 unspecified atom stereocenters. The molecule has 1 saturated heterocycles. The highest BCUT2D eigenvalue weighted by molar-refractivity contribution is 5.94. The van der Waals surface area contributed by atoms with Crippen LogP contribution in [-0.4, -0.2) is 24.4 Å². The number of halogens is 2. The molecule has 4 atom stereocenters. The molecule has 1 aliphatic heterocycles. The number of carbonyl (C=O) groups excluding carboxylic acids is 2. The Morgan fingerprint density at radius 1 is 1.24 bits per heavy atom. The molecular formula is C19H24F2N2O2. The Kier molecular flexibility index (Phi) is 5.35. The molecule has 2 fully saturated rings. The van der Waals surface area contributed by atoms with Crippen LogP contribution in [0.2, 0.25) is 0 Å². The van der Waals surface area contributed by atoms with E-state index in [1.165, 1.54) is 12.5 Å². The summed E-state index contributed by atoms with van der Waals surface area (Å²) in [5.74, 6) is -1.32. The highest BCUT2D eigenvalue weighted by Gasteiger charge is 2.38. The lowest BCUT2D eigenvalue weighted by atomic mass is 9.72. The quantitative estimate of drug-likeness (QED) is 0.877. The van der Waals surface area contributed by atoms with Gasteiger partial charge < -0.3 is 10.6 Å². The number of hydrogen-bond acceptors (Lipinski definition) is 2. The second-order valence-electron chi connectivity index (χ2n) is 7.40. The number of amides is 2. The molecule has 1 saturated carbocycles. The zero-order chi connectivity index (χ0) is 18.0. The summed E-state index contributed by atoms with van der Waals surface area (Å²) >= 11 is 0. The number of piperidine rings is 1. The van der Waals surface area contributed by atoms with Crippen molar-refractivity contribution in [3.05, 3.63) is 35.4 Å². The summed E-state index contributed by atoms with van der Waals surface area (Å²) in [6.45, 7) is 2.56. The highest BCUT2D eigenvalue weighted by atomic mass is 19.2. The molecule has 0 aromatic heterocycles. The lowest BCUT2D eigenvalue weighted by Crippen LogP contribution is -2.52. The minimum absolute atomic E-state index is 0.0671. The van der Waals surface area contributed by atoms with Crippen molar-refractivity contribution in [2.45, 2.75) is 45.1 Å². The Morgan fingerprint density at radius 3 is 2.80 bits per heavy atom. The van der Waals surface area contributed by atoms with E-state index in [0.717, 1.165) is 31.4 Å². The van der Waals surface area contributed by atoms with Crippen molar-refractivity contribution in [3.8, 4) is 0 Å². The number of nitrogens with one attached hydrogen (secondary N) is 2. The van der Waals surface area contributed by atoms with Gasteiger partial charge in [-0.3, -0.25) is 9.59 Å². The van der Waals surface area contributed by atoms with E-state index in [4.69, 9.17) is 0 Å². The van der Waals surface area contributed by atoms with Crippen molar-refractivity contribution < 1.29 is 18.4 Å². The van der Waals surface area contributed by atoms with E-state index in [-0.39, 0.29) is 17.4 Å². The monoisotopic (exact) mass is 350 g/mol. The summed E-state index contributed by atoms with van der Waals surface area (Å²) in [6.07, 6.45) is 4.82. The molecule has 0 radical (unpaired) electrons. The SMILES string of the molecule is CC1CCC2CC(CCNC(=O)c3ccc(F)c(F)c3)C(=O)NC2C1. The van der Waals surface area contributed by atoms with Gasteiger partial charge in [-0.15, -0.1) is 0 Å². The minimum atomic E-state index is -1.04. The molecule has 3 rings (SSSR count). The molecule has 1 aliphatic carbocycles. The van der Waals surface area contributed by atoms with Crippen molar-refractivity contribution in [3.63, 3.8) is 0 Å². The normalized spacial score (nSPS) is 28.8. The van der Waals surface area contributed by atoms with Gasteiger partial charge in [0.1, 0.15) is 0 Å². The summed E-state index contributed by atoms with van der Waals surface area (Å²) in [7, 11) is 0. The van der Waals surface area contributed by atoms with Gasteiger partial charge >= 0.3 is 0 Å². The number of rotatable bonds is 4. The van der Waals surface area contributed by atoms with Crippen molar-refractivity contribution in [2.24, 2.45) is 17.8 Å². The first-order chi connectivity index (χ1) is 11.9. The Morgan fingerprint density at radius 2 is 2.04 bits per heavy atom. The van der Waals surface area contributed by atoms with Gasteiger partial charge in [0, 0.05) is 24.1 Å². The van der Waals surface area contributed by atoms with E-state index in [9.17, 15) is 18.4 Å². The second-order valence-corrected chi connectivity index (χ2v) is 7.40. The Balaban J connectivity index is 1.49. The van der Waals surface area contributed by atoms with Gasteiger partial charge in [-0.25, -0.2) is 8.78 Å². The Labute approximate surface area is 146 Å². The molecule has 2 N–H and O–H groups in total. The number of carbonyl (C=O) groups is 2. The van der Waals surface area contributed by atoms with Gasteiger partial charge in [0.05, 0.1) is 0 Å². The Hall–Kier alpha value is -1.98. The molecule has 1 heterocycles. The fraction of sp³-hybridized carbons (Fsp3) is 0.579. The molecule has 25 heavy (non-hydrogen) atoms. The fourth-order valence-electron chi connectivity index (χ4n) is 4.02. The third-order valence-electron chi connectivity index (χ3n) is 5.50. The van der Waals surface area contributed by atoms with Crippen molar-refractivity contribution in [1.29, 1.82) is 0 Å². The van der Waals surface area contributed by atoms with Gasteiger partial charge in [-0.05, 0) is 55.7 Å². The summed E-state index contributed by atoms with van der Waals surface area (Å²) in [4.78, 5) is 24.3. The second kappa shape index (κ2) is 7.50. The predicted molar refractivity (Wildman–Crippen MR) is 89.9 cm³/mol. The molecule has 1 aromatic rings. The fourth-order valence-corrected chi connectivity index (χ4v) is 4.02. The van der Waals surface area contributed by atoms with Gasteiger partial charge in [0.25, 0.3) is 5.91 Å². The third kappa shape index (κ3) is 4.17. The first-order valence-corrected chi connectivity index (χ1v) is 8.97. The highest BCUT2D eigenvalue weighted by Crippen LogP contribution is 2.36. The van der Waals surface area contributed by atoms with Gasteiger partial charge in [0.2, 0.25) is 5.91 Å². The zero-order valence-electron chi connectivity index (χ0n) is 14.4. The first kappa shape index (κ1) is 17.8. The molecule has 6 heteroatoms. The maximum atomic E-state index is 13.2. The average molecular weight is 350 g/mol. The lowest BCUT2D eigenvalue weighted by molar-refractivity contribution is -0.130. The maximum Gasteiger partial charge on any atom is 0.251 e.